The fraction of sp³-hybridized carbons (Fsp3) is 0.333. The standard InChI is InChI=1S/C18H19N5O2/c1-2-15(24)13-6-7-14-17(20-13)23(12-8-10-22(14)11-12)18(25)21-16-5-3-4-9-19-16/h3-7,9,12H,2,8,10-11H2,1H3,(H,19,21,25)/t12-/m0/s1. The molecule has 1 saturated heterocycles. The number of nitrogens with zero attached hydrogens (tertiary/aromatic N) is 4. The van der Waals surface area contributed by atoms with Gasteiger partial charge in [0.1, 0.15) is 11.5 Å². The monoisotopic (exact) mass is 337 g/mol. The Balaban J connectivity index is 1.71. The molecule has 1 atom stereocenters. The van der Waals surface area contributed by atoms with E-state index in [1.807, 2.05) is 19.1 Å². The van der Waals surface area contributed by atoms with Crippen molar-refractivity contribution < 1.29 is 9.59 Å². The van der Waals surface area contributed by atoms with Gasteiger partial charge in [-0.2, -0.15) is 0 Å². The Bertz CT molecular complexity index is 823. The molecule has 0 unspecified atom stereocenters. The Labute approximate surface area is 145 Å². The molecule has 1 N–H and O–H groups in total. The fourth-order valence-electron chi connectivity index (χ4n) is 3.41. The third-order valence-corrected chi connectivity index (χ3v) is 4.68. The van der Waals surface area contributed by atoms with Crippen molar-refractivity contribution in [1.82, 2.24) is 9.97 Å². The summed E-state index contributed by atoms with van der Waals surface area (Å²) >= 11 is 0. The lowest BCUT2D eigenvalue weighted by Crippen LogP contribution is -2.48. The maximum atomic E-state index is 12.9. The minimum Gasteiger partial charge on any atom is -0.366 e. The molecule has 0 radical (unpaired) electrons. The van der Waals surface area contributed by atoms with Crippen LogP contribution in [0.1, 0.15) is 30.3 Å². The number of carbonyl (C=O) groups excluding carboxylic acids is 2. The number of ketones is 1. The first-order valence-corrected chi connectivity index (χ1v) is 8.48. The zero-order valence-electron chi connectivity index (χ0n) is 14.0. The summed E-state index contributed by atoms with van der Waals surface area (Å²) < 4.78 is 0. The van der Waals surface area contributed by atoms with E-state index in [4.69, 9.17) is 0 Å². The Kier molecular flexibility index (Phi) is 3.83. The van der Waals surface area contributed by atoms with Crippen molar-refractivity contribution in [2.24, 2.45) is 0 Å². The first-order valence-electron chi connectivity index (χ1n) is 8.48. The zero-order valence-corrected chi connectivity index (χ0v) is 14.0. The van der Waals surface area contributed by atoms with Crippen LogP contribution in [-0.2, 0) is 0 Å². The van der Waals surface area contributed by atoms with Crippen molar-refractivity contribution in [3.05, 3.63) is 42.2 Å². The number of aromatic nitrogens is 2. The van der Waals surface area contributed by atoms with E-state index >= 15 is 0 Å². The van der Waals surface area contributed by atoms with Crippen molar-refractivity contribution in [3.8, 4) is 0 Å². The largest absolute Gasteiger partial charge is 0.366 e. The number of nitrogens with one attached hydrogen (secondary N) is 1. The fourth-order valence-corrected chi connectivity index (χ4v) is 3.41. The highest BCUT2D eigenvalue weighted by Gasteiger charge is 2.40. The van der Waals surface area contributed by atoms with Crippen LogP contribution >= 0.6 is 0 Å². The topological polar surface area (TPSA) is 78.4 Å². The lowest BCUT2D eigenvalue weighted by atomic mass is 10.1. The van der Waals surface area contributed by atoms with Gasteiger partial charge in [-0.15, -0.1) is 0 Å². The quantitative estimate of drug-likeness (QED) is 0.871. The van der Waals surface area contributed by atoms with E-state index in [1.165, 1.54) is 0 Å². The molecule has 4 heterocycles. The zero-order chi connectivity index (χ0) is 17.4. The summed E-state index contributed by atoms with van der Waals surface area (Å²) in [5, 5.41) is 2.83. The molecule has 128 valence electrons. The average molecular weight is 337 g/mol. The van der Waals surface area contributed by atoms with Gasteiger partial charge in [-0.1, -0.05) is 13.0 Å². The van der Waals surface area contributed by atoms with Crippen LogP contribution in [0.4, 0.5) is 22.1 Å². The van der Waals surface area contributed by atoms with Crippen molar-refractivity contribution in [3.63, 3.8) is 0 Å². The van der Waals surface area contributed by atoms with Gasteiger partial charge in [-0.3, -0.25) is 15.0 Å². The maximum Gasteiger partial charge on any atom is 0.329 e. The highest BCUT2D eigenvalue weighted by molar-refractivity contribution is 6.05. The number of rotatable bonds is 3. The third kappa shape index (κ3) is 2.71. The molecule has 2 aliphatic heterocycles. The van der Waals surface area contributed by atoms with Gasteiger partial charge in [-0.05, 0) is 30.7 Å². The predicted molar refractivity (Wildman–Crippen MR) is 95.2 cm³/mol. The first kappa shape index (κ1) is 15.6. The number of hydrogen-bond acceptors (Lipinski definition) is 5. The highest BCUT2D eigenvalue weighted by atomic mass is 16.2. The van der Waals surface area contributed by atoms with Gasteiger partial charge in [0.15, 0.2) is 11.6 Å². The van der Waals surface area contributed by atoms with E-state index in [0.717, 1.165) is 25.2 Å². The second-order valence-corrected chi connectivity index (χ2v) is 6.22. The summed E-state index contributed by atoms with van der Waals surface area (Å²) in [4.78, 5) is 37.5. The number of amides is 2. The molecule has 2 aromatic heterocycles. The first-order chi connectivity index (χ1) is 12.2. The van der Waals surface area contributed by atoms with E-state index in [2.05, 4.69) is 20.2 Å². The van der Waals surface area contributed by atoms with Crippen LogP contribution in [-0.4, -0.2) is 40.9 Å². The van der Waals surface area contributed by atoms with Gasteiger partial charge in [0.2, 0.25) is 0 Å². The van der Waals surface area contributed by atoms with E-state index in [9.17, 15) is 9.59 Å². The molecule has 0 spiro atoms. The molecular formula is C18H19N5O2. The summed E-state index contributed by atoms with van der Waals surface area (Å²) in [7, 11) is 0. The van der Waals surface area contributed by atoms with Crippen LogP contribution in [0.2, 0.25) is 0 Å². The van der Waals surface area contributed by atoms with Crippen molar-refractivity contribution in [1.29, 1.82) is 0 Å². The molecule has 2 aromatic rings. The van der Waals surface area contributed by atoms with Crippen molar-refractivity contribution in [2.75, 3.05) is 28.2 Å². The van der Waals surface area contributed by atoms with Gasteiger partial charge in [-0.25, -0.2) is 14.8 Å². The number of hydrogen-bond donors (Lipinski definition) is 1. The molecule has 25 heavy (non-hydrogen) atoms. The lowest BCUT2D eigenvalue weighted by Gasteiger charge is -2.35. The van der Waals surface area contributed by atoms with Crippen molar-refractivity contribution in [2.45, 2.75) is 25.8 Å². The molecule has 7 nitrogen and oxygen atoms in total. The van der Waals surface area contributed by atoms with Gasteiger partial charge in [0.25, 0.3) is 0 Å². The van der Waals surface area contributed by atoms with Crippen LogP contribution < -0.4 is 15.1 Å². The average Bonchev–Trinajstić information content (AvgIpc) is 3.06. The SMILES string of the molecule is CCC(=O)c1ccc2c(n1)N(C(=O)Nc1ccccn1)[C@H]1CCN2C1. The Hall–Kier alpha value is -2.96. The van der Waals surface area contributed by atoms with Crippen LogP contribution in [0.25, 0.3) is 0 Å². The van der Waals surface area contributed by atoms with Crippen LogP contribution in [0.15, 0.2) is 36.5 Å². The maximum absolute atomic E-state index is 12.9. The van der Waals surface area contributed by atoms with Gasteiger partial charge < -0.3 is 4.90 Å². The van der Waals surface area contributed by atoms with Crippen LogP contribution in [0, 0.1) is 0 Å². The molecule has 2 bridgehead atoms. The molecule has 7 heteroatoms. The predicted octanol–water partition coefficient (Wildman–Crippen LogP) is 2.70. The molecule has 2 amide bonds. The van der Waals surface area contributed by atoms with E-state index in [0.29, 0.717) is 23.8 Å². The summed E-state index contributed by atoms with van der Waals surface area (Å²) in [6.07, 6.45) is 2.90. The molecular weight excluding hydrogens is 318 g/mol. The normalized spacial score (nSPS) is 18.0. The number of fused-ring (bicyclic) bond motifs is 4. The minimum atomic E-state index is -0.264. The van der Waals surface area contributed by atoms with E-state index in [-0.39, 0.29) is 17.9 Å². The minimum absolute atomic E-state index is 0.0270. The smallest absolute Gasteiger partial charge is 0.329 e. The van der Waals surface area contributed by atoms with Gasteiger partial charge in [0.05, 0.1) is 11.7 Å². The number of anilines is 3. The molecule has 2 aliphatic rings. The molecule has 1 fully saturated rings. The molecule has 0 saturated carbocycles. The molecule has 0 aliphatic carbocycles. The lowest BCUT2D eigenvalue weighted by molar-refractivity contribution is 0.0983. The third-order valence-electron chi connectivity index (χ3n) is 4.68. The summed E-state index contributed by atoms with van der Waals surface area (Å²) in [5.41, 5.74) is 1.30. The number of carbonyl (C=O) groups is 2. The summed E-state index contributed by atoms with van der Waals surface area (Å²) in [6.45, 7) is 3.47. The van der Waals surface area contributed by atoms with E-state index in [1.54, 1.807) is 29.3 Å². The number of pyridine rings is 2. The van der Waals surface area contributed by atoms with Gasteiger partial charge >= 0.3 is 6.03 Å². The van der Waals surface area contributed by atoms with Crippen LogP contribution in [0.5, 0.6) is 0 Å². The van der Waals surface area contributed by atoms with E-state index < -0.39 is 0 Å². The number of Topliss-reactive ketones (excluding diaryl/α,β-unsaturated/α-hetero) is 1. The Morgan fingerprint density at radius 1 is 1.28 bits per heavy atom. The van der Waals surface area contributed by atoms with Gasteiger partial charge in [0, 0.05) is 25.7 Å². The second-order valence-electron chi connectivity index (χ2n) is 6.22. The summed E-state index contributed by atoms with van der Waals surface area (Å²) in [5.74, 6) is 1.03. The molecule has 0 aromatic carbocycles. The Morgan fingerprint density at radius 3 is 2.92 bits per heavy atom. The van der Waals surface area contributed by atoms with Crippen molar-refractivity contribution >= 4 is 29.1 Å². The molecule has 4 rings (SSSR count). The Morgan fingerprint density at radius 2 is 2.16 bits per heavy atom. The van der Waals surface area contributed by atoms with Crippen LogP contribution in [0.3, 0.4) is 0 Å². The summed E-state index contributed by atoms with van der Waals surface area (Å²) in [6, 6.07) is 8.79. The number of urea groups is 1. The highest BCUT2D eigenvalue weighted by Crippen LogP contribution is 2.39. The second kappa shape index (κ2) is 6.16.